The molecule has 1 aromatic carbocycles. The number of non-ortho nitro benzene ring substituents is 1. The molecule has 0 fully saturated rings. The summed E-state index contributed by atoms with van der Waals surface area (Å²) in [5, 5.41) is 28.3. The van der Waals surface area contributed by atoms with Gasteiger partial charge in [0.05, 0.1) is 22.8 Å². The maximum absolute atomic E-state index is 11.5. The van der Waals surface area contributed by atoms with Gasteiger partial charge in [-0.1, -0.05) is 0 Å². The highest BCUT2D eigenvalue weighted by molar-refractivity contribution is 7.92. The van der Waals surface area contributed by atoms with Gasteiger partial charge in [0, 0.05) is 12.1 Å². The number of rotatable bonds is 6. The summed E-state index contributed by atoms with van der Waals surface area (Å²) in [6.07, 6.45) is -0.620. The largest absolute Gasteiger partial charge is 0.506 e. The van der Waals surface area contributed by atoms with Gasteiger partial charge in [-0.05, 0) is 6.07 Å². The van der Waals surface area contributed by atoms with E-state index in [-0.39, 0.29) is 5.69 Å². The highest BCUT2D eigenvalue weighted by atomic mass is 32.2. The average molecular weight is 290 g/mol. The molecule has 1 rings (SSSR count). The van der Waals surface area contributed by atoms with E-state index in [0.717, 1.165) is 18.2 Å². The monoisotopic (exact) mass is 290 g/mol. The Balaban J connectivity index is 2.95. The lowest BCUT2D eigenvalue weighted by atomic mass is 10.2. The number of nitro groups is 1. The van der Waals surface area contributed by atoms with Crippen molar-refractivity contribution in [2.45, 2.75) is 6.42 Å². The number of carbonyl (C=O) groups is 1. The third-order valence-corrected chi connectivity index (χ3v) is 3.31. The minimum Gasteiger partial charge on any atom is -0.506 e. The Morgan fingerprint density at radius 1 is 1.42 bits per heavy atom. The fourth-order valence-electron chi connectivity index (χ4n) is 1.16. The quantitative estimate of drug-likeness (QED) is 0.393. The average Bonchev–Trinajstić information content (AvgIpc) is 2.29. The Morgan fingerprint density at radius 3 is 2.58 bits per heavy atom. The van der Waals surface area contributed by atoms with Crippen LogP contribution >= 0.6 is 0 Å². The molecule has 0 unspecified atom stereocenters. The van der Waals surface area contributed by atoms with Gasteiger partial charge in [0.25, 0.3) is 5.69 Å². The lowest BCUT2D eigenvalue weighted by Crippen LogP contribution is -2.19. The Kier molecular flexibility index (Phi) is 4.27. The molecule has 0 bridgehead atoms. The second-order valence-electron chi connectivity index (χ2n) is 3.52. The molecule has 0 aromatic heterocycles. The number of nitrogens with one attached hydrogen (secondary N) is 1. The van der Waals surface area contributed by atoms with Gasteiger partial charge in [0.2, 0.25) is 10.0 Å². The minimum atomic E-state index is -4.01. The number of anilines is 1. The van der Waals surface area contributed by atoms with Crippen molar-refractivity contribution in [3.63, 3.8) is 0 Å². The Bertz CT molecular complexity index is 611. The first-order chi connectivity index (χ1) is 8.71. The molecule has 0 saturated carbocycles. The van der Waals surface area contributed by atoms with Gasteiger partial charge in [-0.3, -0.25) is 19.6 Å². The SMILES string of the molecule is O=C(O)CCS(=O)(=O)Nc1cc([N+](=O)[O-])ccc1O. The molecule has 0 aliphatic carbocycles. The molecule has 0 aliphatic rings. The zero-order valence-corrected chi connectivity index (χ0v) is 10.3. The third kappa shape index (κ3) is 4.43. The fraction of sp³-hybridized carbons (Fsp3) is 0.222. The molecule has 0 radical (unpaired) electrons. The van der Waals surface area contributed by atoms with E-state index in [0.29, 0.717) is 0 Å². The fourth-order valence-corrected chi connectivity index (χ4v) is 2.20. The lowest BCUT2D eigenvalue weighted by Gasteiger charge is -2.08. The number of hydrogen-bond acceptors (Lipinski definition) is 6. The molecule has 19 heavy (non-hydrogen) atoms. The van der Waals surface area contributed by atoms with Crippen LogP contribution in [0.2, 0.25) is 0 Å². The van der Waals surface area contributed by atoms with Crippen molar-refractivity contribution in [2.24, 2.45) is 0 Å². The second kappa shape index (κ2) is 5.52. The third-order valence-electron chi connectivity index (χ3n) is 2.04. The van der Waals surface area contributed by atoms with Crippen molar-refractivity contribution in [3.05, 3.63) is 28.3 Å². The smallest absolute Gasteiger partial charge is 0.304 e. The van der Waals surface area contributed by atoms with E-state index in [9.17, 15) is 28.4 Å². The zero-order valence-electron chi connectivity index (χ0n) is 9.44. The number of nitrogens with zero attached hydrogens (tertiary/aromatic N) is 1. The summed E-state index contributed by atoms with van der Waals surface area (Å²) in [6.45, 7) is 0. The number of benzene rings is 1. The van der Waals surface area contributed by atoms with E-state index in [1.54, 1.807) is 0 Å². The van der Waals surface area contributed by atoms with Crippen molar-refractivity contribution in [3.8, 4) is 5.75 Å². The molecule has 0 saturated heterocycles. The summed E-state index contributed by atoms with van der Waals surface area (Å²) in [6, 6.07) is 2.81. The Morgan fingerprint density at radius 2 is 2.05 bits per heavy atom. The molecule has 10 heteroatoms. The molecule has 0 spiro atoms. The number of hydrogen-bond donors (Lipinski definition) is 3. The van der Waals surface area contributed by atoms with E-state index in [4.69, 9.17) is 5.11 Å². The maximum Gasteiger partial charge on any atom is 0.304 e. The number of carboxylic acids is 1. The van der Waals surface area contributed by atoms with Crippen LogP contribution in [-0.4, -0.2) is 35.3 Å². The van der Waals surface area contributed by atoms with Crippen LogP contribution in [0.5, 0.6) is 5.75 Å². The summed E-state index contributed by atoms with van der Waals surface area (Å²) in [5.74, 6) is -2.50. The molecule has 0 aliphatic heterocycles. The molecule has 0 atom stereocenters. The lowest BCUT2D eigenvalue weighted by molar-refractivity contribution is -0.384. The number of nitro benzene ring substituents is 1. The molecular weight excluding hydrogens is 280 g/mol. The van der Waals surface area contributed by atoms with Gasteiger partial charge in [-0.2, -0.15) is 0 Å². The van der Waals surface area contributed by atoms with Crippen molar-refractivity contribution < 1.29 is 28.3 Å². The van der Waals surface area contributed by atoms with E-state index in [2.05, 4.69) is 0 Å². The normalized spacial score (nSPS) is 10.9. The number of aliphatic carboxylic acids is 1. The first-order valence-electron chi connectivity index (χ1n) is 4.91. The Hall–Kier alpha value is -2.36. The first-order valence-corrected chi connectivity index (χ1v) is 6.56. The van der Waals surface area contributed by atoms with Gasteiger partial charge in [0.15, 0.2) is 0 Å². The highest BCUT2D eigenvalue weighted by Gasteiger charge is 2.17. The van der Waals surface area contributed by atoms with Crippen molar-refractivity contribution in [1.82, 2.24) is 0 Å². The molecule has 1 aromatic rings. The van der Waals surface area contributed by atoms with Gasteiger partial charge in [-0.15, -0.1) is 0 Å². The van der Waals surface area contributed by atoms with Gasteiger partial charge >= 0.3 is 5.97 Å². The number of phenolic OH excluding ortho intramolecular Hbond substituents is 1. The van der Waals surface area contributed by atoms with Crippen LogP contribution in [0.4, 0.5) is 11.4 Å². The Labute approximate surface area is 107 Å². The second-order valence-corrected chi connectivity index (χ2v) is 5.37. The van der Waals surface area contributed by atoms with Crippen molar-refractivity contribution in [1.29, 1.82) is 0 Å². The molecule has 3 N–H and O–H groups in total. The first kappa shape index (κ1) is 14.7. The number of carboxylic acid groups (broad SMARTS) is 1. The van der Waals surface area contributed by atoms with Crippen LogP contribution in [0.15, 0.2) is 18.2 Å². The highest BCUT2D eigenvalue weighted by Crippen LogP contribution is 2.28. The van der Waals surface area contributed by atoms with E-state index >= 15 is 0 Å². The summed E-state index contributed by atoms with van der Waals surface area (Å²) in [7, 11) is -4.01. The summed E-state index contributed by atoms with van der Waals surface area (Å²) in [4.78, 5) is 20.0. The maximum atomic E-state index is 11.5. The summed E-state index contributed by atoms with van der Waals surface area (Å²) < 4.78 is 24.9. The van der Waals surface area contributed by atoms with E-state index < -0.39 is 44.5 Å². The minimum absolute atomic E-state index is 0.375. The van der Waals surface area contributed by atoms with Gasteiger partial charge in [0.1, 0.15) is 5.75 Å². The predicted octanol–water partition coefficient (Wildman–Crippen LogP) is 0.517. The zero-order chi connectivity index (χ0) is 14.6. The predicted molar refractivity (Wildman–Crippen MR) is 64.4 cm³/mol. The molecular formula is C9H10N2O7S. The molecule has 0 amide bonds. The standard InChI is InChI=1S/C9H10N2O7S/c12-8-2-1-6(11(15)16)5-7(8)10-19(17,18)4-3-9(13)14/h1-2,5,10,12H,3-4H2,(H,13,14). The van der Waals surface area contributed by atoms with Crippen LogP contribution in [0.1, 0.15) is 6.42 Å². The van der Waals surface area contributed by atoms with Gasteiger partial charge < -0.3 is 10.2 Å². The van der Waals surface area contributed by atoms with Crippen molar-refractivity contribution in [2.75, 3.05) is 10.5 Å². The number of sulfonamides is 1. The van der Waals surface area contributed by atoms with E-state index in [1.165, 1.54) is 0 Å². The molecule has 104 valence electrons. The van der Waals surface area contributed by atoms with Crippen LogP contribution in [-0.2, 0) is 14.8 Å². The van der Waals surface area contributed by atoms with Crippen LogP contribution in [0.25, 0.3) is 0 Å². The van der Waals surface area contributed by atoms with Crippen LogP contribution in [0, 0.1) is 10.1 Å². The van der Waals surface area contributed by atoms with E-state index in [1.807, 2.05) is 4.72 Å². The number of aromatic hydroxyl groups is 1. The van der Waals surface area contributed by atoms with Crippen molar-refractivity contribution >= 4 is 27.4 Å². The summed E-state index contributed by atoms with van der Waals surface area (Å²) in [5.41, 5.74) is -0.784. The summed E-state index contributed by atoms with van der Waals surface area (Å²) >= 11 is 0. The molecule has 0 heterocycles. The molecule has 9 nitrogen and oxygen atoms in total. The number of phenols is 1. The van der Waals surface area contributed by atoms with Crippen LogP contribution < -0.4 is 4.72 Å². The van der Waals surface area contributed by atoms with Crippen LogP contribution in [0.3, 0.4) is 0 Å². The van der Waals surface area contributed by atoms with Gasteiger partial charge in [-0.25, -0.2) is 8.42 Å². The topological polar surface area (TPSA) is 147 Å².